The molecule has 4 nitrogen and oxygen atoms in total. The van der Waals surface area contributed by atoms with E-state index < -0.39 is 5.82 Å². The lowest BCUT2D eigenvalue weighted by Crippen LogP contribution is -2.12. The van der Waals surface area contributed by atoms with Gasteiger partial charge in [0.15, 0.2) is 5.82 Å². The minimum absolute atomic E-state index is 0.255. The van der Waals surface area contributed by atoms with E-state index in [2.05, 4.69) is 31.4 Å². The average Bonchev–Trinajstić information content (AvgIpc) is 2.81. The number of amides is 1. The van der Waals surface area contributed by atoms with Gasteiger partial charge in [-0.1, -0.05) is 13.8 Å². The first-order valence-electron chi connectivity index (χ1n) is 5.79. The molecule has 0 saturated carbocycles. The Morgan fingerprint density at radius 3 is 2.74 bits per heavy atom. The van der Waals surface area contributed by atoms with E-state index in [1.807, 2.05) is 13.8 Å². The number of carbonyl (C=O) groups excluding carboxylic acids is 1. The van der Waals surface area contributed by atoms with Crippen molar-refractivity contribution in [3.05, 3.63) is 45.8 Å². The summed E-state index contributed by atoms with van der Waals surface area (Å²) in [6.07, 6.45) is 0. The Kier molecular flexibility index (Phi) is 3.99. The minimum Gasteiger partial charge on any atom is -0.305 e. The van der Waals surface area contributed by atoms with Gasteiger partial charge in [-0.3, -0.25) is 9.89 Å². The van der Waals surface area contributed by atoms with Crippen LogP contribution in [0.1, 0.15) is 35.8 Å². The van der Waals surface area contributed by atoms with Gasteiger partial charge in [-0.2, -0.15) is 5.10 Å². The molecule has 2 N–H and O–H groups in total. The van der Waals surface area contributed by atoms with Crippen molar-refractivity contribution >= 4 is 27.7 Å². The molecule has 1 aromatic carbocycles. The Labute approximate surface area is 118 Å². The lowest BCUT2D eigenvalue weighted by Gasteiger charge is -2.03. The van der Waals surface area contributed by atoms with Crippen molar-refractivity contribution in [2.45, 2.75) is 19.8 Å². The van der Waals surface area contributed by atoms with Crippen molar-refractivity contribution in [2.24, 2.45) is 0 Å². The Morgan fingerprint density at radius 2 is 2.16 bits per heavy atom. The van der Waals surface area contributed by atoms with Crippen molar-refractivity contribution < 1.29 is 9.18 Å². The molecule has 2 rings (SSSR count). The predicted octanol–water partition coefficient (Wildman–Crippen LogP) is 3.69. The fraction of sp³-hybridized carbons (Fsp3) is 0.231. The van der Waals surface area contributed by atoms with Gasteiger partial charge in [0.2, 0.25) is 0 Å². The van der Waals surface area contributed by atoms with E-state index in [0.29, 0.717) is 17.3 Å². The summed E-state index contributed by atoms with van der Waals surface area (Å²) in [6.45, 7) is 4.05. The first-order chi connectivity index (χ1) is 8.97. The number of aromatic amines is 1. The third kappa shape index (κ3) is 3.20. The first kappa shape index (κ1) is 13.7. The van der Waals surface area contributed by atoms with E-state index in [1.165, 1.54) is 18.2 Å². The molecule has 0 aliphatic carbocycles. The number of hydrogen-bond donors (Lipinski definition) is 2. The number of halogens is 2. The molecule has 0 aliphatic heterocycles. The highest BCUT2D eigenvalue weighted by Crippen LogP contribution is 2.19. The maximum absolute atomic E-state index is 13.1. The number of H-pyrrole nitrogens is 1. The second-order valence-corrected chi connectivity index (χ2v) is 5.30. The van der Waals surface area contributed by atoms with Crippen LogP contribution in [0.5, 0.6) is 0 Å². The molecule has 6 heteroatoms. The summed E-state index contributed by atoms with van der Waals surface area (Å²) in [7, 11) is 0. The molecule has 19 heavy (non-hydrogen) atoms. The fourth-order valence-corrected chi connectivity index (χ4v) is 1.90. The summed E-state index contributed by atoms with van der Waals surface area (Å²) in [5.74, 6) is 0.0215. The Balaban J connectivity index is 2.13. The number of nitrogens with zero attached hydrogens (tertiary/aromatic N) is 1. The number of carbonyl (C=O) groups is 1. The molecule has 100 valence electrons. The van der Waals surface area contributed by atoms with Gasteiger partial charge in [0, 0.05) is 17.3 Å². The maximum Gasteiger partial charge on any atom is 0.256 e. The fourth-order valence-electron chi connectivity index (χ4n) is 1.52. The molecule has 1 heterocycles. The summed E-state index contributed by atoms with van der Waals surface area (Å²) >= 11 is 3.05. The van der Waals surface area contributed by atoms with Gasteiger partial charge < -0.3 is 5.32 Å². The number of hydrogen-bond acceptors (Lipinski definition) is 2. The highest BCUT2D eigenvalue weighted by molar-refractivity contribution is 9.10. The number of nitrogens with one attached hydrogen (secondary N) is 2. The molecule has 0 saturated heterocycles. The molecule has 2 aromatic rings. The Morgan fingerprint density at radius 1 is 1.42 bits per heavy atom. The van der Waals surface area contributed by atoms with Gasteiger partial charge in [-0.25, -0.2) is 4.39 Å². The number of aromatic nitrogens is 2. The van der Waals surface area contributed by atoms with E-state index >= 15 is 0 Å². The molecule has 0 bridgehead atoms. The van der Waals surface area contributed by atoms with Gasteiger partial charge >= 0.3 is 0 Å². The number of benzene rings is 1. The zero-order valence-corrected chi connectivity index (χ0v) is 12.1. The summed E-state index contributed by atoms with van der Waals surface area (Å²) in [5.41, 5.74) is 1.30. The van der Waals surface area contributed by atoms with Crippen LogP contribution in [0.15, 0.2) is 28.7 Å². The van der Waals surface area contributed by atoms with Crippen molar-refractivity contribution in [3.8, 4) is 0 Å². The molecular formula is C13H13BrFN3O. The van der Waals surface area contributed by atoms with Crippen LogP contribution in [0.4, 0.5) is 10.2 Å². The monoisotopic (exact) mass is 325 g/mol. The molecule has 1 amide bonds. The lowest BCUT2D eigenvalue weighted by atomic mass is 10.1. The summed E-state index contributed by atoms with van der Waals surface area (Å²) < 4.78 is 13.3. The average molecular weight is 326 g/mol. The van der Waals surface area contributed by atoms with Crippen LogP contribution in [-0.2, 0) is 0 Å². The van der Waals surface area contributed by atoms with Crippen LogP contribution in [-0.4, -0.2) is 16.1 Å². The second-order valence-electron chi connectivity index (χ2n) is 4.45. The molecule has 0 radical (unpaired) electrons. The minimum atomic E-state index is -0.404. The number of anilines is 1. The van der Waals surface area contributed by atoms with Crippen LogP contribution in [0.2, 0.25) is 0 Å². The molecular weight excluding hydrogens is 313 g/mol. The van der Waals surface area contributed by atoms with Crippen molar-refractivity contribution in [1.29, 1.82) is 0 Å². The van der Waals surface area contributed by atoms with Crippen molar-refractivity contribution in [2.75, 3.05) is 5.32 Å². The summed E-state index contributed by atoms with van der Waals surface area (Å²) in [6, 6.07) is 5.87. The van der Waals surface area contributed by atoms with Gasteiger partial charge in [0.1, 0.15) is 5.82 Å². The van der Waals surface area contributed by atoms with Gasteiger partial charge in [-0.05, 0) is 40.0 Å². The van der Waals surface area contributed by atoms with Crippen LogP contribution in [0.3, 0.4) is 0 Å². The van der Waals surface area contributed by atoms with Crippen molar-refractivity contribution in [1.82, 2.24) is 10.2 Å². The molecule has 0 fully saturated rings. The van der Waals surface area contributed by atoms with Crippen LogP contribution >= 0.6 is 15.9 Å². The third-order valence-corrected chi connectivity index (χ3v) is 3.25. The number of rotatable bonds is 3. The van der Waals surface area contributed by atoms with Gasteiger partial charge in [-0.15, -0.1) is 0 Å². The van der Waals surface area contributed by atoms with E-state index in [0.717, 1.165) is 5.69 Å². The standard InChI is InChI=1S/C13H13BrFN3O/c1-7(2)11-6-12(18-17-11)16-13(19)8-3-4-10(15)9(14)5-8/h3-7H,1-2H3,(H2,16,17,18,19). The zero-order chi connectivity index (χ0) is 14.0. The largest absolute Gasteiger partial charge is 0.305 e. The maximum atomic E-state index is 13.1. The Hall–Kier alpha value is -1.69. The van der Waals surface area contributed by atoms with Gasteiger partial charge in [0.05, 0.1) is 4.47 Å². The predicted molar refractivity (Wildman–Crippen MR) is 74.7 cm³/mol. The quantitative estimate of drug-likeness (QED) is 0.904. The molecule has 0 atom stereocenters. The Bertz CT molecular complexity index is 610. The van der Waals surface area contributed by atoms with Crippen molar-refractivity contribution in [3.63, 3.8) is 0 Å². The van der Waals surface area contributed by atoms with Crippen LogP contribution < -0.4 is 5.32 Å². The van der Waals surface area contributed by atoms with E-state index in [-0.39, 0.29) is 10.4 Å². The smallest absolute Gasteiger partial charge is 0.256 e. The van der Waals surface area contributed by atoms with Gasteiger partial charge in [0.25, 0.3) is 5.91 Å². The highest BCUT2D eigenvalue weighted by atomic mass is 79.9. The SMILES string of the molecule is CC(C)c1cc(NC(=O)c2ccc(F)c(Br)c2)n[nH]1. The zero-order valence-electron chi connectivity index (χ0n) is 10.5. The third-order valence-electron chi connectivity index (χ3n) is 2.64. The van der Waals surface area contributed by atoms with E-state index in [4.69, 9.17) is 0 Å². The molecule has 1 aromatic heterocycles. The molecule has 0 unspecified atom stereocenters. The summed E-state index contributed by atoms with van der Waals surface area (Å²) in [5, 5.41) is 9.50. The lowest BCUT2D eigenvalue weighted by molar-refractivity contribution is 0.102. The van der Waals surface area contributed by atoms with Crippen LogP contribution in [0.25, 0.3) is 0 Å². The first-order valence-corrected chi connectivity index (χ1v) is 6.58. The molecule has 0 spiro atoms. The topological polar surface area (TPSA) is 57.8 Å². The van der Waals surface area contributed by atoms with E-state index in [1.54, 1.807) is 6.07 Å². The normalized spacial score (nSPS) is 10.8. The molecule has 0 aliphatic rings. The summed E-state index contributed by atoms with van der Waals surface area (Å²) in [4.78, 5) is 11.9. The second kappa shape index (κ2) is 5.52. The highest BCUT2D eigenvalue weighted by Gasteiger charge is 2.11. The van der Waals surface area contributed by atoms with Crippen LogP contribution in [0, 0.1) is 5.82 Å². The van der Waals surface area contributed by atoms with E-state index in [9.17, 15) is 9.18 Å².